The summed E-state index contributed by atoms with van der Waals surface area (Å²) in [6, 6.07) is 14.1. The summed E-state index contributed by atoms with van der Waals surface area (Å²) in [6.07, 6.45) is -0.956. The number of nitrogens with zero attached hydrogens (tertiary/aromatic N) is 2. The van der Waals surface area contributed by atoms with Crippen molar-refractivity contribution >= 4 is 50.3 Å². The van der Waals surface area contributed by atoms with Gasteiger partial charge in [0.1, 0.15) is 22.0 Å². The quantitative estimate of drug-likeness (QED) is 0.309. The molecule has 39 heavy (non-hydrogen) atoms. The molecule has 1 unspecified atom stereocenters. The van der Waals surface area contributed by atoms with Crippen LogP contribution in [0.15, 0.2) is 70.2 Å². The molecule has 0 N–H and O–H groups in total. The number of hydrogen-bond acceptors (Lipinski definition) is 8. The van der Waals surface area contributed by atoms with Crippen LogP contribution in [0.2, 0.25) is 5.02 Å². The molecule has 0 bridgehead atoms. The standard InChI is InChI=1S/C27H23ClN2O8S/c1-29(2)27(32)38-25-23-19(10-9-18(28)22(23)17-7-5-6-15-12-13-37-24(15)17)30(26(25)31)39(33,34)21-11-8-16(35-3)14-20(21)36-4/h5-14,25H,1-4H3. The molecular formula is C27H23ClN2O8S. The number of rotatable bonds is 6. The van der Waals surface area contributed by atoms with Crippen LogP contribution in [0.5, 0.6) is 11.5 Å². The molecule has 2 amide bonds. The molecule has 10 nitrogen and oxygen atoms in total. The third-order valence-corrected chi connectivity index (χ3v) is 8.36. The van der Waals surface area contributed by atoms with Gasteiger partial charge in [-0.2, -0.15) is 4.31 Å². The van der Waals surface area contributed by atoms with Crippen molar-refractivity contribution in [3.8, 4) is 22.6 Å². The van der Waals surface area contributed by atoms with Crippen LogP contribution in [0.4, 0.5) is 10.5 Å². The SMILES string of the molecule is COc1ccc(S(=O)(=O)N2C(=O)C(OC(=O)N(C)C)c3c2ccc(Cl)c3-c2cccc3ccoc23)c(OC)c1. The summed E-state index contributed by atoms with van der Waals surface area (Å²) in [5.41, 5.74) is 1.37. The van der Waals surface area contributed by atoms with Gasteiger partial charge in [0, 0.05) is 47.3 Å². The molecule has 0 saturated heterocycles. The average Bonchev–Trinajstić information content (AvgIpc) is 3.51. The highest BCUT2D eigenvalue weighted by atomic mass is 35.5. The van der Waals surface area contributed by atoms with Crippen LogP contribution in [0.25, 0.3) is 22.1 Å². The second kappa shape index (κ2) is 9.83. The number of sulfonamides is 1. The minimum absolute atomic E-state index is 0.0163. The van der Waals surface area contributed by atoms with E-state index in [0.29, 0.717) is 26.8 Å². The Morgan fingerprint density at radius 1 is 1.05 bits per heavy atom. The number of furan rings is 1. The third-order valence-electron chi connectivity index (χ3n) is 6.30. The molecule has 2 heterocycles. The number of hydrogen-bond donors (Lipinski definition) is 0. The summed E-state index contributed by atoms with van der Waals surface area (Å²) in [6.45, 7) is 0. The van der Waals surface area contributed by atoms with Gasteiger partial charge < -0.3 is 23.5 Å². The molecule has 1 atom stereocenters. The first-order chi connectivity index (χ1) is 18.6. The molecule has 1 aliphatic rings. The molecule has 4 aromatic rings. The number of anilines is 1. The van der Waals surface area contributed by atoms with Crippen molar-refractivity contribution < 1.29 is 36.6 Å². The number of carbonyl (C=O) groups is 2. The predicted molar refractivity (Wildman–Crippen MR) is 144 cm³/mol. The number of para-hydroxylation sites is 1. The monoisotopic (exact) mass is 570 g/mol. The second-order valence-electron chi connectivity index (χ2n) is 8.78. The highest BCUT2D eigenvalue weighted by molar-refractivity contribution is 7.93. The van der Waals surface area contributed by atoms with Gasteiger partial charge in [-0.1, -0.05) is 29.8 Å². The second-order valence-corrected chi connectivity index (χ2v) is 10.9. The van der Waals surface area contributed by atoms with Gasteiger partial charge in [0.2, 0.25) is 6.10 Å². The van der Waals surface area contributed by atoms with Gasteiger partial charge >= 0.3 is 6.09 Å². The van der Waals surface area contributed by atoms with Crippen molar-refractivity contribution in [3.63, 3.8) is 0 Å². The number of halogens is 1. The van der Waals surface area contributed by atoms with E-state index < -0.39 is 28.1 Å². The largest absolute Gasteiger partial charge is 0.497 e. The molecule has 1 aliphatic heterocycles. The Labute approximate surface area is 229 Å². The Bertz CT molecular complexity index is 1730. The van der Waals surface area contributed by atoms with Crippen molar-refractivity contribution in [3.05, 3.63) is 71.4 Å². The maximum Gasteiger partial charge on any atom is 0.410 e. The summed E-state index contributed by atoms with van der Waals surface area (Å²) >= 11 is 6.68. The van der Waals surface area contributed by atoms with E-state index in [9.17, 15) is 18.0 Å². The Morgan fingerprint density at radius 2 is 1.82 bits per heavy atom. The molecule has 5 rings (SSSR count). The number of benzene rings is 3. The van der Waals surface area contributed by atoms with Gasteiger partial charge in [-0.25, -0.2) is 13.2 Å². The van der Waals surface area contributed by atoms with E-state index in [4.69, 9.17) is 30.2 Å². The zero-order valence-corrected chi connectivity index (χ0v) is 22.9. The summed E-state index contributed by atoms with van der Waals surface area (Å²) in [5.74, 6) is -0.669. The Hall–Kier alpha value is -4.22. The average molecular weight is 571 g/mol. The number of ether oxygens (including phenoxy) is 3. The fourth-order valence-corrected chi connectivity index (χ4v) is 6.34. The van der Waals surface area contributed by atoms with Crippen LogP contribution < -0.4 is 13.8 Å². The fourth-order valence-electron chi connectivity index (χ4n) is 4.49. The first kappa shape index (κ1) is 26.4. The number of methoxy groups -OCH3 is 2. The molecule has 0 fully saturated rings. The topological polar surface area (TPSA) is 116 Å². The van der Waals surface area contributed by atoms with Crippen molar-refractivity contribution in [2.45, 2.75) is 11.0 Å². The minimum Gasteiger partial charge on any atom is -0.497 e. The van der Waals surface area contributed by atoms with Crippen LogP contribution in [-0.2, 0) is 19.6 Å². The lowest BCUT2D eigenvalue weighted by Crippen LogP contribution is -2.37. The molecule has 202 valence electrons. The first-order valence-electron chi connectivity index (χ1n) is 11.6. The van der Waals surface area contributed by atoms with Crippen LogP contribution in [0, 0.1) is 0 Å². The van der Waals surface area contributed by atoms with Gasteiger partial charge in [-0.3, -0.25) is 4.79 Å². The minimum atomic E-state index is -4.57. The lowest BCUT2D eigenvalue weighted by molar-refractivity contribution is -0.125. The zero-order valence-electron chi connectivity index (χ0n) is 21.3. The lowest BCUT2D eigenvalue weighted by Gasteiger charge is -2.20. The van der Waals surface area contributed by atoms with E-state index in [1.165, 1.54) is 64.9 Å². The number of carbonyl (C=O) groups excluding carboxylic acids is 2. The molecule has 0 saturated carbocycles. The van der Waals surface area contributed by atoms with E-state index in [0.717, 1.165) is 10.3 Å². The van der Waals surface area contributed by atoms with Crippen molar-refractivity contribution in [2.75, 3.05) is 32.6 Å². The van der Waals surface area contributed by atoms with Crippen molar-refractivity contribution in [2.24, 2.45) is 0 Å². The van der Waals surface area contributed by atoms with Crippen molar-refractivity contribution in [1.82, 2.24) is 4.90 Å². The predicted octanol–water partition coefficient (Wildman–Crippen LogP) is 5.25. The van der Waals surface area contributed by atoms with E-state index in [2.05, 4.69) is 0 Å². The maximum absolute atomic E-state index is 14.0. The zero-order chi connectivity index (χ0) is 28.1. The molecule has 0 spiro atoms. The highest BCUT2D eigenvalue weighted by Gasteiger charge is 2.49. The molecule has 12 heteroatoms. The maximum atomic E-state index is 14.0. The summed E-state index contributed by atoms with van der Waals surface area (Å²) in [4.78, 5) is 27.4. The van der Waals surface area contributed by atoms with Crippen LogP contribution in [0.3, 0.4) is 0 Å². The van der Waals surface area contributed by atoms with Gasteiger partial charge in [0.15, 0.2) is 0 Å². The Kier molecular flexibility index (Phi) is 6.65. The summed E-state index contributed by atoms with van der Waals surface area (Å²) in [5, 5.41) is 0.970. The van der Waals surface area contributed by atoms with Gasteiger partial charge in [0.25, 0.3) is 15.9 Å². The van der Waals surface area contributed by atoms with E-state index in [-0.39, 0.29) is 26.9 Å². The van der Waals surface area contributed by atoms with Crippen LogP contribution >= 0.6 is 11.6 Å². The molecule has 1 aromatic heterocycles. The van der Waals surface area contributed by atoms with E-state index >= 15 is 0 Å². The summed E-state index contributed by atoms with van der Waals surface area (Å²) < 4.78 is 50.4. The molecule has 0 aliphatic carbocycles. The third kappa shape index (κ3) is 4.23. The van der Waals surface area contributed by atoms with Gasteiger partial charge in [-0.15, -0.1) is 0 Å². The van der Waals surface area contributed by atoms with E-state index in [1.807, 2.05) is 6.07 Å². The van der Waals surface area contributed by atoms with Gasteiger partial charge in [0.05, 0.1) is 26.2 Å². The van der Waals surface area contributed by atoms with Crippen molar-refractivity contribution in [1.29, 1.82) is 0 Å². The molecule has 3 aromatic carbocycles. The highest BCUT2D eigenvalue weighted by Crippen LogP contribution is 2.50. The van der Waals surface area contributed by atoms with E-state index in [1.54, 1.807) is 18.2 Å². The molecular weight excluding hydrogens is 548 g/mol. The fraction of sp³-hybridized carbons (Fsp3) is 0.185. The number of fused-ring (bicyclic) bond motifs is 2. The Morgan fingerprint density at radius 3 is 2.51 bits per heavy atom. The Balaban J connectivity index is 1.78. The summed E-state index contributed by atoms with van der Waals surface area (Å²) in [7, 11) is 1.05. The number of amides is 2. The lowest BCUT2D eigenvalue weighted by atomic mass is 9.95. The van der Waals surface area contributed by atoms with Crippen LogP contribution in [0.1, 0.15) is 11.7 Å². The first-order valence-corrected chi connectivity index (χ1v) is 13.4. The molecule has 0 radical (unpaired) electrons. The van der Waals surface area contributed by atoms with Crippen LogP contribution in [-0.4, -0.2) is 53.6 Å². The normalized spacial score (nSPS) is 14.8. The smallest absolute Gasteiger partial charge is 0.410 e. The van der Waals surface area contributed by atoms with Gasteiger partial charge in [-0.05, 0) is 30.3 Å².